The maximum Gasteiger partial charge on any atom is 0.250 e. The summed E-state index contributed by atoms with van der Waals surface area (Å²) < 4.78 is 17.5. The molecule has 0 aliphatic rings. The predicted molar refractivity (Wildman–Crippen MR) is 122 cm³/mol. The van der Waals surface area contributed by atoms with Crippen LogP contribution in [0.4, 0.5) is 0 Å². The minimum atomic E-state index is -0.224. The standard InChI is InChI=1S/C21H22N4O4S2/c1-15-23-25-21(31-15)30-14-20(26)24-22-13-16-7-3-4-8-17(16)28-11-12-29-19-10-6-5-9-18(19)27-2/h3-10,13H,11-12,14H2,1-2H3,(H,24,26)/b22-13-. The number of thioether (sulfide) groups is 1. The molecule has 0 aliphatic heterocycles. The molecule has 0 fully saturated rings. The highest BCUT2D eigenvalue weighted by atomic mass is 32.2. The first-order valence-electron chi connectivity index (χ1n) is 9.38. The minimum absolute atomic E-state index is 0.213. The molecular weight excluding hydrogens is 436 g/mol. The molecule has 1 aromatic heterocycles. The minimum Gasteiger partial charge on any atom is -0.493 e. The smallest absolute Gasteiger partial charge is 0.250 e. The molecule has 0 bridgehead atoms. The summed E-state index contributed by atoms with van der Waals surface area (Å²) in [6.07, 6.45) is 1.55. The summed E-state index contributed by atoms with van der Waals surface area (Å²) in [5.41, 5.74) is 3.25. The van der Waals surface area contributed by atoms with Gasteiger partial charge >= 0.3 is 0 Å². The lowest BCUT2D eigenvalue weighted by Crippen LogP contribution is -2.19. The van der Waals surface area contributed by atoms with Crippen LogP contribution >= 0.6 is 23.1 Å². The van der Waals surface area contributed by atoms with Crippen LogP contribution in [0.25, 0.3) is 0 Å². The lowest BCUT2D eigenvalue weighted by atomic mass is 10.2. The summed E-state index contributed by atoms with van der Waals surface area (Å²) >= 11 is 2.78. The van der Waals surface area contributed by atoms with Crippen molar-refractivity contribution in [3.8, 4) is 17.2 Å². The summed E-state index contributed by atoms with van der Waals surface area (Å²) in [6, 6.07) is 14.9. The SMILES string of the molecule is COc1ccccc1OCCOc1ccccc1/C=N\NC(=O)CSc1nnc(C)s1. The molecule has 0 saturated heterocycles. The molecule has 31 heavy (non-hydrogen) atoms. The molecule has 2 aromatic carbocycles. The van der Waals surface area contributed by atoms with Crippen LogP contribution in [0.15, 0.2) is 58.0 Å². The van der Waals surface area contributed by atoms with Gasteiger partial charge in [0, 0.05) is 5.56 Å². The fourth-order valence-corrected chi connectivity index (χ4v) is 4.04. The number of nitrogens with zero attached hydrogens (tertiary/aromatic N) is 3. The molecule has 0 aliphatic carbocycles. The maximum atomic E-state index is 11.9. The lowest BCUT2D eigenvalue weighted by molar-refractivity contribution is -0.118. The van der Waals surface area contributed by atoms with Crippen molar-refractivity contribution in [3.05, 3.63) is 59.1 Å². The molecule has 8 nitrogen and oxygen atoms in total. The van der Waals surface area contributed by atoms with Crippen LogP contribution in [0.5, 0.6) is 17.2 Å². The molecule has 10 heteroatoms. The van der Waals surface area contributed by atoms with Crippen molar-refractivity contribution in [2.24, 2.45) is 5.10 Å². The summed E-state index contributed by atoms with van der Waals surface area (Å²) in [6.45, 7) is 2.56. The summed E-state index contributed by atoms with van der Waals surface area (Å²) in [7, 11) is 1.60. The highest BCUT2D eigenvalue weighted by molar-refractivity contribution is 8.01. The Morgan fingerprint density at radius 2 is 1.74 bits per heavy atom. The van der Waals surface area contributed by atoms with E-state index in [1.807, 2.05) is 55.5 Å². The van der Waals surface area contributed by atoms with Crippen LogP contribution in [-0.2, 0) is 4.79 Å². The fraction of sp³-hybridized carbons (Fsp3) is 0.238. The molecule has 1 heterocycles. The van der Waals surface area contributed by atoms with E-state index in [1.54, 1.807) is 13.3 Å². The molecule has 3 aromatic rings. The molecule has 0 spiro atoms. The average molecular weight is 459 g/mol. The number of aromatic nitrogens is 2. The van der Waals surface area contributed by atoms with Crippen LogP contribution in [0.2, 0.25) is 0 Å². The third-order valence-electron chi connectivity index (χ3n) is 3.81. The number of hydrogen-bond donors (Lipinski definition) is 1. The van der Waals surface area contributed by atoms with Gasteiger partial charge in [0.05, 0.1) is 19.1 Å². The second-order valence-corrected chi connectivity index (χ2v) is 8.46. The van der Waals surface area contributed by atoms with E-state index in [1.165, 1.54) is 23.1 Å². The first-order valence-corrected chi connectivity index (χ1v) is 11.2. The summed E-state index contributed by atoms with van der Waals surface area (Å²) in [4.78, 5) is 11.9. The Bertz CT molecular complexity index is 1030. The van der Waals surface area contributed by atoms with Crippen molar-refractivity contribution in [3.63, 3.8) is 0 Å². The van der Waals surface area contributed by atoms with Gasteiger partial charge in [0.2, 0.25) is 0 Å². The summed E-state index contributed by atoms with van der Waals surface area (Å²) in [5, 5.41) is 12.8. The monoisotopic (exact) mass is 458 g/mol. The molecule has 0 unspecified atom stereocenters. The van der Waals surface area contributed by atoms with Gasteiger partial charge in [-0.05, 0) is 31.2 Å². The fourth-order valence-electron chi connectivity index (χ4n) is 2.43. The first kappa shape index (κ1) is 22.6. The van der Waals surface area contributed by atoms with Crippen LogP contribution < -0.4 is 19.6 Å². The molecule has 3 rings (SSSR count). The van der Waals surface area contributed by atoms with Gasteiger partial charge in [-0.3, -0.25) is 4.79 Å². The number of nitrogens with one attached hydrogen (secondary N) is 1. The van der Waals surface area contributed by atoms with E-state index < -0.39 is 0 Å². The number of ether oxygens (including phenoxy) is 3. The molecule has 1 N–H and O–H groups in total. The predicted octanol–water partition coefficient (Wildman–Crippen LogP) is 3.56. The molecular formula is C21H22N4O4S2. The van der Waals surface area contributed by atoms with Crippen molar-refractivity contribution < 1.29 is 19.0 Å². The number of benzene rings is 2. The zero-order valence-corrected chi connectivity index (χ0v) is 18.7. The van der Waals surface area contributed by atoms with E-state index in [0.29, 0.717) is 30.5 Å². The Morgan fingerprint density at radius 1 is 1.06 bits per heavy atom. The second kappa shape index (κ2) is 11.9. The van der Waals surface area contributed by atoms with E-state index in [2.05, 4.69) is 20.7 Å². The van der Waals surface area contributed by atoms with E-state index in [4.69, 9.17) is 14.2 Å². The maximum absolute atomic E-state index is 11.9. The zero-order chi connectivity index (χ0) is 21.9. The topological polar surface area (TPSA) is 94.9 Å². The van der Waals surface area contributed by atoms with E-state index in [-0.39, 0.29) is 11.7 Å². The number of carbonyl (C=O) groups is 1. The highest BCUT2D eigenvalue weighted by Crippen LogP contribution is 2.25. The number of rotatable bonds is 11. The van der Waals surface area contributed by atoms with Gasteiger partial charge in [0.1, 0.15) is 24.0 Å². The molecule has 162 valence electrons. The normalized spacial score (nSPS) is 10.8. The Morgan fingerprint density at radius 3 is 2.45 bits per heavy atom. The number of methoxy groups -OCH3 is 1. The van der Waals surface area contributed by atoms with Crippen molar-refractivity contribution in [2.45, 2.75) is 11.3 Å². The van der Waals surface area contributed by atoms with Crippen molar-refractivity contribution in [2.75, 3.05) is 26.1 Å². The van der Waals surface area contributed by atoms with Crippen molar-refractivity contribution in [1.82, 2.24) is 15.6 Å². The summed E-state index contributed by atoms with van der Waals surface area (Å²) in [5.74, 6) is 1.96. The van der Waals surface area contributed by atoms with Crippen molar-refractivity contribution >= 4 is 35.2 Å². The quantitative estimate of drug-likeness (QED) is 0.203. The van der Waals surface area contributed by atoms with Crippen LogP contribution in [0.1, 0.15) is 10.6 Å². The average Bonchev–Trinajstić information content (AvgIpc) is 3.21. The Labute approximate surface area is 188 Å². The van der Waals surface area contributed by atoms with Crippen molar-refractivity contribution in [1.29, 1.82) is 0 Å². The highest BCUT2D eigenvalue weighted by Gasteiger charge is 2.07. The van der Waals surface area contributed by atoms with E-state index >= 15 is 0 Å². The number of hydrazone groups is 1. The van der Waals surface area contributed by atoms with Crippen LogP contribution in [0, 0.1) is 6.92 Å². The molecule has 0 saturated carbocycles. The third-order valence-corrected chi connectivity index (χ3v) is 5.79. The van der Waals surface area contributed by atoms with Gasteiger partial charge in [-0.1, -0.05) is 47.4 Å². The van der Waals surface area contributed by atoms with Gasteiger partial charge in [0.15, 0.2) is 15.8 Å². The van der Waals surface area contributed by atoms with Gasteiger partial charge in [0.25, 0.3) is 5.91 Å². The van der Waals surface area contributed by atoms with E-state index in [0.717, 1.165) is 14.9 Å². The first-order chi connectivity index (χ1) is 15.2. The zero-order valence-electron chi connectivity index (χ0n) is 17.1. The largest absolute Gasteiger partial charge is 0.493 e. The Kier molecular flexibility index (Phi) is 8.68. The van der Waals surface area contributed by atoms with Gasteiger partial charge in [-0.25, -0.2) is 5.43 Å². The number of hydrogen-bond acceptors (Lipinski definition) is 9. The molecule has 0 atom stereocenters. The van der Waals surface area contributed by atoms with Crippen LogP contribution in [-0.4, -0.2) is 48.4 Å². The Balaban J connectivity index is 1.45. The van der Waals surface area contributed by atoms with Gasteiger partial charge < -0.3 is 14.2 Å². The third kappa shape index (κ3) is 7.26. The lowest BCUT2D eigenvalue weighted by Gasteiger charge is -2.12. The van der Waals surface area contributed by atoms with Gasteiger partial charge in [-0.15, -0.1) is 10.2 Å². The van der Waals surface area contributed by atoms with Gasteiger partial charge in [-0.2, -0.15) is 5.10 Å². The van der Waals surface area contributed by atoms with E-state index in [9.17, 15) is 4.79 Å². The van der Waals surface area contributed by atoms with Crippen LogP contribution in [0.3, 0.4) is 0 Å². The number of carbonyl (C=O) groups excluding carboxylic acids is 1. The Hall–Kier alpha value is -3.11. The molecule has 0 radical (unpaired) electrons. The number of para-hydroxylation sites is 3. The second-order valence-electron chi connectivity index (χ2n) is 6.05. The number of amides is 1. The number of aryl methyl sites for hydroxylation is 1. The molecule has 1 amide bonds.